The van der Waals surface area contributed by atoms with Crippen molar-refractivity contribution in [1.29, 1.82) is 0 Å². The van der Waals surface area contributed by atoms with Crippen LogP contribution in [0.25, 0.3) is 77.2 Å². The van der Waals surface area contributed by atoms with Crippen molar-refractivity contribution in [3.8, 4) is 33.6 Å². The van der Waals surface area contributed by atoms with E-state index in [-0.39, 0.29) is 43.6 Å². The Balaban J connectivity index is 1.50. The van der Waals surface area contributed by atoms with Gasteiger partial charge in [-0.2, -0.15) is 0 Å². The highest BCUT2D eigenvalue weighted by molar-refractivity contribution is 6.28. The molecule has 7 aromatic carbocycles. The van der Waals surface area contributed by atoms with Crippen molar-refractivity contribution in [2.24, 2.45) is 0 Å². The molecule has 0 N–H and O–H groups in total. The predicted octanol–water partition coefficient (Wildman–Crippen LogP) is 11.2. The molecule has 9 aromatic rings. The normalized spacial score (nSPS) is 17.4. The minimum absolute atomic E-state index is 0.0524. The van der Waals surface area contributed by atoms with Crippen molar-refractivity contribution < 1.29 is 24.7 Å². The molecule has 2 heteroatoms. The van der Waals surface area contributed by atoms with E-state index in [2.05, 4.69) is 0 Å². The molecule has 0 bridgehead atoms. The lowest BCUT2D eigenvalue weighted by Crippen LogP contribution is -1.95. The van der Waals surface area contributed by atoms with Crippen LogP contribution in [0, 0.1) is 0 Å². The maximum absolute atomic E-state index is 9.62. The molecule has 0 aliphatic carbocycles. The van der Waals surface area contributed by atoms with Crippen LogP contribution in [0.2, 0.25) is 0 Å². The zero-order valence-corrected chi connectivity index (χ0v) is 22.7. The number of benzene rings is 7. The summed E-state index contributed by atoms with van der Waals surface area (Å²) in [5.74, 6) is 0. The van der Waals surface area contributed by atoms with E-state index in [1.54, 1.807) is 24.3 Å². The predicted molar refractivity (Wildman–Crippen MR) is 186 cm³/mol. The molecule has 206 valence electrons. The molecule has 0 spiro atoms. The fourth-order valence-corrected chi connectivity index (χ4v) is 5.71. The Bertz CT molecular complexity index is 3430. The highest BCUT2D eigenvalue weighted by atomic mass is 15.0. The lowest BCUT2D eigenvalue weighted by Gasteiger charge is -2.11. The summed E-state index contributed by atoms with van der Waals surface area (Å²) in [5.41, 5.74) is -0.489. The summed E-state index contributed by atoms with van der Waals surface area (Å²) in [7, 11) is 0. The van der Waals surface area contributed by atoms with Crippen LogP contribution in [0.3, 0.4) is 0 Å². The third kappa shape index (κ3) is 3.75. The molecule has 0 aliphatic heterocycles. The number of fused-ring (bicyclic) bond motifs is 7. The second-order valence-corrected chi connectivity index (χ2v) is 10.0. The average molecular weight is 579 g/mol. The molecule has 2 nitrogen and oxygen atoms in total. The van der Waals surface area contributed by atoms with E-state index in [1.807, 2.05) is 30.3 Å². The molecule has 2 heterocycles. The second kappa shape index (κ2) is 9.86. The summed E-state index contributed by atoms with van der Waals surface area (Å²) in [6.07, 6.45) is 0. The average Bonchev–Trinajstić information content (AvgIpc) is 3.81. The van der Waals surface area contributed by atoms with Crippen LogP contribution in [0.4, 0.5) is 0 Å². The van der Waals surface area contributed by atoms with Crippen molar-refractivity contribution in [3.05, 3.63) is 169 Å². The molecule has 0 fully saturated rings. The molecule has 0 unspecified atom stereocenters. The fourth-order valence-electron chi connectivity index (χ4n) is 5.71. The van der Waals surface area contributed by atoms with Crippen LogP contribution in [0.1, 0.15) is 24.7 Å². The van der Waals surface area contributed by atoms with Gasteiger partial charge in [0.05, 0.1) is 46.7 Å². The Hall–Kier alpha value is -5.86. The van der Waals surface area contributed by atoms with E-state index < -0.39 is 126 Å². The first-order chi connectivity index (χ1) is 29.3. The Labute approximate surface area is 281 Å². The topological polar surface area (TPSA) is 9.86 Å². The van der Waals surface area contributed by atoms with E-state index in [4.69, 9.17) is 16.4 Å². The van der Waals surface area contributed by atoms with Crippen LogP contribution in [0.15, 0.2) is 169 Å². The summed E-state index contributed by atoms with van der Waals surface area (Å²) in [5, 5.41) is -0.491. The maximum atomic E-state index is 9.62. The van der Waals surface area contributed by atoms with Crippen molar-refractivity contribution in [2.75, 3.05) is 0 Å². The van der Waals surface area contributed by atoms with Crippen LogP contribution in [-0.2, 0) is 0 Å². The highest BCUT2D eigenvalue weighted by Crippen LogP contribution is 2.42. The van der Waals surface area contributed by atoms with Crippen LogP contribution in [0.5, 0.6) is 0 Å². The van der Waals surface area contributed by atoms with Gasteiger partial charge < -0.3 is 9.13 Å². The zero-order valence-electron chi connectivity index (χ0n) is 40.7. The van der Waals surface area contributed by atoms with Crippen molar-refractivity contribution in [3.63, 3.8) is 0 Å². The lowest BCUT2D eigenvalue weighted by atomic mass is 10.1. The Morgan fingerprint density at radius 3 is 1.64 bits per heavy atom. The van der Waals surface area contributed by atoms with Gasteiger partial charge in [0.15, 0.2) is 0 Å². The van der Waals surface area contributed by atoms with Crippen LogP contribution in [-0.4, -0.2) is 9.13 Å². The summed E-state index contributed by atoms with van der Waals surface area (Å²) in [6.45, 7) is 0. The SMILES string of the molecule is [2H]c1cc([2H])c2c(c1[2H])c1c3c4c([2H])c([2H])c([2H])c([2H])c4n(-c4ccc(-c5ccccc5)cc4)c3c([2H])c([2H])c1n2-c1c([2H])c([2H])c(-c2c([2H])c([2H])c([2H])c([2H])c2[2H])c([2H])c1[2H]. The van der Waals surface area contributed by atoms with Gasteiger partial charge >= 0.3 is 0 Å². The van der Waals surface area contributed by atoms with Crippen molar-refractivity contribution >= 4 is 43.6 Å². The Morgan fingerprint density at radius 1 is 0.341 bits per heavy atom. The second-order valence-electron chi connectivity index (χ2n) is 10.0. The molecule has 0 aliphatic rings. The van der Waals surface area contributed by atoms with E-state index in [1.165, 1.54) is 4.57 Å². The van der Waals surface area contributed by atoms with E-state index in [0.717, 1.165) is 21.8 Å². The maximum Gasteiger partial charge on any atom is 0.0646 e. The molecule has 44 heavy (non-hydrogen) atoms. The first-order valence-corrected chi connectivity index (χ1v) is 13.7. The molecule has 0 radical (unpaired) electrons. The molecule has 0 atom stereocenters. The van der Waals surface area contributed by atoms with Crippen LogP contribution >= 0.6 is 0 Å². The monoisotopic (exact) mass is 578 g/mol. The lowest BCUT2D eigenvalue weighted by molar-refractivity contribution is 1.17. The van der Waals surface area contributed by atoms with E-state index in [0.29, 0.717) is 5.69 Å². The zero-order chi connectivity index (χ0) is 44.7. The number of hydrogen-bond donors (Lipinski definition) is 0. The molecular weight excluding hydrogens is 532 g/mol. The number of rotatable bonds is 4. The summed E-state index contributed by atoms with van der Waals surface area (Å²) < 4.78 is 163. The number of hydrogen-bond acceptors (Lipinski definition) is 0. The Kier molecular flexibility index (Phi) is 2.87. The minimum Gasteiger partial charge on any atom is -0.309 e. The largest absolute Gasteiger partial charge is 0.309 e. The van der Waals surface area contributed by atoms with Gasteiger partial charge in [0.2, 0.25) is 0 Å². The van der Waals surface area contributed by atoms with Gasteiger partial charge in [0, 0.05) is 32.9 Å². The quantitative estimate of drug-likeness (QED) is 0.197. The smallest absolute Gasteiger partial charge is 0.0646 e. The summed E-state index contributed by atoms with van der Waals surface area (Å²) in [4.78, 5) is 0. The molecule has 2 aromatic heterocycles. The molecule has 0 saturated heterocycles. The number of para-hydroxylation sites is 2. The van der Waals surface area contributed by atoms with Gasteiger partial charge in [-0.05, 0) is 70.6 Å². The van der Waals surface area contributed by atoms with Gasteiger partial charge in [-0.3, -0.25) is 0 Å². The number of aromatic nitrogens is 2. The van der Waals surface area contributed by atoms with Gasteiger partial charge in [-0.1, -0.05) is 121 Å². The number of nitrogens with zero attached hydrogens (tertiary/aromatic N) is 2. The summed E-state index contributed by atoms with van der Waals surface area (Å²) >= 11 is 0. The molecule has 0 amide bonds. The van der Waals surface area contributed by atoms with Gasteiger partial charge in [-0.15, -0.1) is 0 Å². The van der Waals surface area contributed by atoms with Crippen LogP contribution < -0.4 is 0 Å². The van der Waals surface area contributed by atoms with Gasteiger partial charge in [0.1, 0.15) is 0 Å². The standard InChI is InChI=1S/C42H28N2/c1-3-11-29(12-4-1)31-19-23-33(24-20-31)43-37-17-9-7-15-35(37)41-39(43)27-28-40-42(41)36-16-8-10-18-38(36)44(40)34-25-21-32(22-26-34)30-13-5-2-6-14-30/h1-28H/i1D,3D,4D,7D,8D,10D,11D,12D,15D,16D,17D,18D,19D,20D,23D,24D,27D,28D. The van der Waals surface area contributed by atoms with Crippen molar-refractivity contribution in [2.45, 2.75) is 0 Å². The Morgan fingerprint density at radius 2 is 0.909 bits per heavy atom. The van der Waals surface area contributed by atoms with E-state index >= 15 is 0 Å². The third-order valence-electron chi connectivity index (χ3n) is 7.62. The van der Waals surface area contributed by atoms with Gasteiger partial charge in [-0.25, -0.2) is 0 Å². The third-order valence-corrected chi connectivity index (χ3v) is 7.62. The van der Waals surface area contributed by atoms with E-state index in [9.17, 15) is 8.22 Å². The molecule has 9 rings (SSSR count). The highest BCUT2D eigenvalue weighted by Gasteiger charge is 2.20. The first kappa shape index (κ1) is 12.8. The molecular formula is C42H28N2. The minimum atomic E-state index is -0.840. The fraction of sp³-hybridized carbons (Fsp3) is 0. The van der Waals surface area contributed by atoms with Gasteiger partial charge in [0.25, 0.3) is 0 Å². The first-order valence-electron chi connectivity index (χ1n) is 22.7. The summed E-state index contributed by atoms with van der Waals surface area (Å²) in [6, 6.07) is 5.48. The van der Waals surface area contributed by atoms with Crippen molar-refractivity contribution in [1.82, 2.24) is 9.13 Å². The molecule has 0 saturated carbocycles.